The number of hydrogen-bond donors (Lipinski definition) is 1. The Morgan fingerprint density at radius 3 is 2.58 bits per heavy atom. The van der Waals surface area contributed by atoms with Gasteiger partial charge in [-0.25, -0.2) is 0 Å². The number of ketones is 1. The second-order valence-electron chi connectivity index (χ2n) is 5.89. The summed E-state index contributed by atoms with van der Waals surface area (Å²) in [5, 5.41) is 3.44. The highest BCUT2D eigenvalue weighted by atomic mass is 32.2. The molecule has 0 aliphatic rings. The fourth-order valence-corrected chi connectivity index (χ4v) is 3.93. The van der Waals surface area contributed by atoms with Crippen molar-refractivity contribution in [1.82, 2.24) is 4.98 Å². The summed E-state index contributed by atoms with van der Waals surface area (Å²) in [6, 6.07) is 22.6. The third-order valence-corrected chi connectivity index (χ3v) is 5.26. The summed E-state index contributed by atoms with van der Waals surface area (Å²) < 4.78 is 0. The van der Waals surface area contributed by atoms with Gasteiger partial charge in [0, 0.05) is 27.1 Å². The second kappa shape index (κ2) is 6.17. The first-order valence-corrected chi connectivity index (χ1v) is 8.93. The molecule has 4 aromatic rings. The lowest BCUT2D eigenvalue weighted by Gasteiger charge is -2.04. The number of H-pyrrole nitrogens is 1. The van der Waals surface area contributed by atoms with E-state index >= 15 is 0 Å². The van der Waals surface area contributed by atoms with Gasteiger partial charge in [0.15, 0.2) is 5.78 Å². The van der Waals surface area contributed by atoms with Gasteiger partial charge in [0.2, 0.25) is 0 Å². The third kappa shape index (κ3) is 2.72. The van der Waals surface area contributed by atoms with E-state index in [9.17, 15) is 4.79 Å². The van der Waals surface area contributed by atoms with Gasteiger partial charge in [0.25, 0.3) is 0 Å². The SMILES string of the molecule is Cc1[nH]c2ccccc2c1C(=O)CSc1ccc2ccccc2c1. The molecule has 24 heavy (non-hydrogen) atoms. The monoisotopic (exact) mass is 331 g/mol. The molecule has 4 rings (SSSR count). The molecule has 3 heteroatoms. The van der Waals surface area contributed by atoms with Crippen LogP contribution in [0.25, 0.3) is 21.7 Å². The van der Waals surface area contributed by atoms with Crippen LogP contribution >= 0.6 is 11.8 Å². The minimum Gasteiger partial charge on any atom is -0.358 e. The van der Waals surface area contributed by atoms with Crippen molar-refractivity contribution < 1.29 is 4.79 Å². The van der Waals surface area contributed by atoms with E-state index < -0.39 is 0 Å². The van der Waals surface area contributed by atoms with Crippen LogP contribution in [0.3, 0.4) is 0 Å². The minimum absolute atomic E-state index is 0.170. The predicted octanol–water partition coefficient (Wildman–Crippen LogP) is 5.60. The van der Waals surface area contributed by atoms with Crippen LogP contribution in [0.1, 0.15) is 16.1 Å². The van der Waals surface area contributed by atoms with Crippen LogP contribution in [-0.2, 0) is 0 Å². The second-order valence-corrected chi connectivity index (χ2v) is 6.94. The maximum absolute atomic E-state index is 12.7. The van der Waals surface area contributed by atoms with Crippen LogP contribution in [0.4, 0.5) is 0 Å². The smallest absolute Gasteiger partial charge is 0.175 e. The summed E-state index contributed by atoms with van der Waals surface area (Å²) in [4.78, 5) is 17.2. The summed E-state index contributed by atoms with van der Waals surface area (Å²) >= 11 is 1.60. The Balaban J connectivity index is 1.58. The predicted molar refractivity (Wildman–Crippen MR) is 102 cm³/mol. The fourth-order valence-electron chi connectivity index (χ4n) is 3.11. The van der Waals surface area contributed by atoms with E-state index in [1.807, 2.05) is 43.3 Å². The molecule has 0 unspecified atom stereocenters. The first-order valence-electron chi connectivity index (χ1n) is 7.94. The maximum Gasteiger partial charge on any atom is 0.175 e. The lowest BCUT2D eigenvalue weighted by atomic mass is 10.1. The zero-order valence-corrected chi connectivity index (χ0v) is 14.2. The molecular weight excluding hydrogens is 314 g/mol. The number of thioether (sulfide) groups is 1. The summed E-state index contributed by atoms with van der Waals surface area (Å²) in [5.74, 6) is 0.615. The average molecular weight is 331 g/mol. The maximum atomic E-state index is 12.7. The lowest BCUT2D eigenvalue weighted by molar-refractivity contribution is 0.102. The Labute approximate surface area is 144 Å². The zero-order valence-electron chi connectivity index (χ0n) is 13.4. The number of para-hydroxylation sites is 1. The normalized spacial score (nSPS) is 11.2. The van der Waals surface area contributed by atoms with Crippen LogP contribution in [0.5, 0.6) is 0 Å². The highest BCUT2D eigenvalue weighted by molar-refractivity contribution is 8.00. The van der Waals surface area contributed by atoms with Crippen molar-refractivity contribution >= 4 is 39.2 Å². The summed E-state index contributed by atoms with van der Waals surface area (Å²) in [6.45, 7) is 1.97. The Bertz CT molecular complexity index is 1050. The van der Waals surface area contributed by atoms with Gasteiger partial charge in [-0.3, -0.25) is 4.79 Å². The molecule has 0 atom stereocenters. The molecule has 1 aromatic heterocycles. The largest absolute Gasteiger partial charge is 0.358 e. The van der Waals surface area contributed by atoms with E-state index in [1.54, 1.807) is 11.8 Å². The van der Waals surface area contributed by atoms with Gasteiger partial charge in [-0.05, 0) is 35.9 Å². The van der Waals surface area contributed by atoms with E-state index in [0.29, 0.717) is 5.75 Å². The third-order valence-electron chi connectivity index (χ3n) is 4.26. The molecule has 0 fully saturated rings. The van der Waals surface area contributed by atoms with Gasteiger partial charge in [-0.2, -0.15) is 0 Å². The number of benzene rings is 3. The van der Waals surface area contributed by atoms with Gasteiger partial charge >= 0.3 is 0 Å². The van der Waals surface area contributed by atoms with E-state index in [0.717, 1.165) is 27.1 Å². The van der Waals surface area contributed by atoms with Crippen molar-refractivity contribution in [2.75, 3.05) is 5.75 Å². The molecular formula is C21H17NOS. The molecule has 3 aromatic carbocycles. The van der Waals surface area contributed by atoms with Gasteiger partial charge < -0.3 is 4.98 Å². The zero-order chi connectivity index (χ0) is 16.5. The Morgan fingerprint density at radius 1 is 0.958 bits per heavy atom. The number of carbonyl (C=O) groups excluding carboxylic acids is 1. The number of aryl methyl sites for hydroxylation is 1. The first-order chi connectivity index (χ1) is 11.7. The molecule has 1 heterocycles. The molecule has 118 valence electrons. The summed E-state index contributed by atoms with van der Waals surface area (Å²) in [5.41, 5.74) is 2.79. The highest BCUT2D eigenvalue weighted by Crippen LogP contribution is 2.27. The number of rotatable bonds is 4. The number of carbonyl (C=O) groups is 1. The molecule has 0 aliphatic carbocycles. The minimum atomic E-state index is 0.170. The van der Waals surface area contributed by atoms with Gasteiger partial charge in [-0.1, -0.05) is 48.5 Å². The van der Waals surface area contributed by atoms with Crippen molar-refractivity contribution in [3.05, 3.63) is 78.0 Å². The van der Waals surface area contributed by atoms with Crippen LogP contribution in [0.15, 0.2) is 71.6 Å². The first kappa shape index (κ1) is 15.0. The number of hydrogen-bond acceptors (Lipinski definition) is 2. The van der Waals surface area contributed by atoms with Crippen molar-refractivity contribution in [1.29, 1.82) is 0 Å². The molecule has 0 spiro atoms. The Hall–Kier alpha value is -2.52. The molecule has 0 radical (unpaired) electrons. The summed E-state index contributed by atoms with van der Waals surface area (Å²) in [7, 11) is 0. The van der Waals surface area contributed by atoms with Crippen LogP contribution < -0.4 is 0 Å². The van der Waals surface area contributed by atoms with Crippen molar-refractivity contribution in [3.8, 4) is 0 Å². The molecule has 0 bridgehead atoms. The Kier molecular flexibility index (Phi) is 3.87. The summed E-state index contributed by atoms with van der Waals surface area (Å²) in [6.07, 6.45) is 0. The number of aromatic nitrogens is 1. The average Bonchev–Trinajstić information content (AvgIpc) is 2.95. The lowest BCUT2D eigenvalue weighted by Crippen LogP contribution is -2.03. The van der Waals surface area contributed by atoms with Crippen molar-refractivity contribution in [2.45, 2.75) is 11.8 Å². The molecule has 0 saturated carbocycles. The number of aromatic amines is 1. The number of nitrogens with one attached hydrogen (secondary N) is 1. The standard InChI is InChI=1S/C21H17NOS/c1-14-21(18-8-4-5-9-19(18)22-14)20(23)13-24-17-11-10-15-6-2-3-7-16(15)12-17/h2-12,22H,13H2,1H3. The van der Waals surface area contributed by atoms with Crippen LogP contribution in [0.2, 0.25) is 0 Å². The van der Waals surface area contributed by atoms with E-state index in [2.05, 4.69) is 35.3 Å². The van der Waals surface area contributed by atoms with Crippen LogP contribution in [-0.4, -0.2) is 16.5 Å². The highest BCUT2D eigenvalue weighted by Gasteiger charge is 2.15. The van der Waals surface area contributed by atoms with Crippen LogP contribution in [0, 0.1) is 6.92 Å². The fraction of sp³-hybridized carbons (Fsp3) is 0.0952. The van der Waals surface area contributed by atoms with Gasteiger partial charge in [0.05, 0.1) is 5.75 Å². The van der Waals surface area contributed by atoms with Gasteiger partial charge in [0.1, 0.15) is 0 Å². The van der Waals surface area contributed by atoms with E-state index in [4.69, 9.17) is 0 Å². The number of fused-ring (bicyclic) bond motifs is 2. The van der Waals surface area contributed by atoms with E-state index in [1.165, 1.54) is 10.8 Å². The molecule has 1 N–H and O–H groups in total. The molecule has 2 nitrogen and oxygen atoms in total. The number of Topliss-reactive ketones (excluding diaryl/α,β-unsaturated/α-hetero) is 1. The topological polar surface area (TPSA) is 32.9 Å². The molecule has 0 aliphatic heterocycles. The molecule has 0 saturated heterocycles. The van der Waals surface area contributed by atoms with Crippen molar-refractivity contribution in [2.24, 2.45) is 0 Å². The molecule has 0 amide bonds. The van der Waals surface area contributed by atoms with E-state index in [-0.39, 0.29) is 5.78 Å². The quantitative estimate of drug-likeness (QED) is 0.390. The Morgan fingerprint density at radius 2 is 1.71 bits per heavy atom. The van der Waals surface area contributed by atoms with Gasteiger partial charge in [-0.15, -0.1) is 11.8 Å². The van der Waals surface area contributed by atoms with Crippen molar-refractivity contribution in [3.63, 3.8) is 0 Å².